The van der Waals surface area contributed by atoms with Crippen LogP contribution in [0.2, 0.25) is 0 Å². The molecule has 4 heteroatoms. The lowest BCUT2D eigenvalue weighted by Crippen LogP contribution is -2.45. The van der Waals surface area contributed by atoms with Crippen LogP contribution in [0, 0.1) is 0 Å². The Labute approximate surface area is 140 Å². The van der Waals surface area contributed by atoms with Crippen molar-refractivity contribution in [3.63, 3.8) is 0 Å². The van der Waals surface area contributed by atoms with E-state index in [1.807, 2.05) is 30.3 Å². The number of rotatable bonds is 7. The van der Waals surface area contributed by atoms with E-state index in [4.69, 9.17) is 4.74 Å². The van der Waals surface area contributed by atoms with Crippen molar-refractivity contribution in [2.24, 2.45) is 0 Å². The van der Waals surface area contributed by atoms with Crippen LogP contribution in [0.4, 0.5) is 0 Å². The van der Waals surface area contributed by atoms with Gasteiger partial charge in [0.15, 0.2) is 0 Å². The van der Waals surface area contributed by atoms with E-state index in [0.717, 1.165) is 18.8 Å². The molecule has 128 valence electrons. The number of benzene rings is 1. The Morgan fingerprint density at radius 3 is 2.61 bits per heavy atom. The minimum Gasteiger partial charge on any atom is -0.491 e. The van der Waals surface area contributed by atoms with Crippen molar-refractivity contribution < 1.29 is 9.84 Å². The van der Waals surface area contributed by atoms with E-state index >= 15 is 0 Å². The molecule has 0 radical (unpaired) electrons. The number of nitrogens with zero attached hydrogens (tertiary/aromatic N) is 2. The number of likely N-dealkylation sites (tertiary alicyclic amines) is 2. The number of para-hydroxylation sites is 1. The largest absolute Gasteiger partial charge is 0.491 e. The molecule has 3 rings (SSSR count). The zero-order valence-electron chi connectivity index (χ0n) is 14.1. The summed E-state index contributed by atoms with van der Waals surface area (Å²) < 4.78 is 5.68. The second-order valence-electron chi connectivity index (χ2n) is 6.93. The molecular formula is C19H30N2O2. The van der Waals surface area contributed by atoms with Crippen LogP contribution in [0.15, 0.2) is 30.3 Å². The maximum atomic E-state index is 10.3. The molecule has 0 aromatic heterocycles. The van der Waals surface area contributed by atoms with Gasteiger partial charge in [0.05, 0.1) is 0 Å². The molecular weight excluding hydrogens is 288 g/mol. The van der Waals surface area contributed by atoms with E-state index in [2.05, 4.69) is 9.80 Å². The van der Waals surface area contributed by atoms with Crippen molar-refractivity contribution in [3.8, 4) is 5.75 Å². The van der Waals surface area contributed by atoms with Crippen LogP contribution in [0.1, 0.15) is 32.1 Å². The van der Waals surface area contributed by atoms with E-state index in [1.54, 1.807) is 0 Å². The maximum Gasteiger partial charge on any atom is 0.119 e. The molecule has 0 aliphatic carbocycles. The third-order valence-electron chi connectivity index (χ3n) is 5.05. The van der Waals surface area contributed by atoms with Crippen LogP contribution >= 0.6 is 0 Å². The highest BCUT2D eigenvalue weighted by Gasteiger charge is 2.28. The average Bonchev–Trinajstić information content (AvgIpc) is 3.02. The Hall–Kier alpha value is -1.10. The van der Waals surface area contributed by atoms with Crippen LogP contribution in [-0.2, 0) is 0 Å². The van der Waals surface area contributed by atoms with Crippen LogP contribution in [-0.4, -0.2) is 66.4 Å². The summed E-state index contributed by atoms with van der Waals surface area (Å²) in [5.74, 6) is 0.831. The second-order valence-corrected chi connectivity index (χ2v) is 6.93. The maximum absolute atomic E-state index is 10.3. The predicted octanol–water partition coefficient (Wildman–Crippen LogP) is 2.38. The van der Waals surface area contributed by atoms with Gasteiger partial charge in [-0.25, -0.2) is 0 Å². The Balaban J connectivity index is 1.42. The standard InChI is InChI=1S/C19H30N2O2/c22-18(16-23-19-9-3-1-4-10-19)15-21-13-7-8-17(21)14-20-11-5-2-6-12-20/h1,3-4,9-10,17-18,22H,2,5-8,11-16H2. The quantitative estimate of drug-likeness (QED) is 0.837. The van der Waals surface area contributed by atoms with Crippen molar-refractivity contribution >= 4 is 0 Å². The Morgan fingerprint density at radius 1 is 1.04 bits per heavy atom. The summed E-state index contributed by atoms with van der Waals surface area (Å²) in [4.78, 5) is 5.08. The lowest BCUT2D eigenvalue weighted by molar-refractivity contribution is 0.0555. The summed E-state index contributed by atoms with van der Waals surface area (Å²) in [6.45, 7) is 5.89. The fraction of sp³-hybridized carbons (Fsp3) is 0.684. The van der Waals surface area contributed by atoms with Gasteiger partial charge in [-0.2, -0.15) is 0 Å². The highest BCUT2D eigenvalue weighted by atomic mass is 16.5. The first-order valence-electron chi connectivity index (χ1n) is 9.13. The monoisotopic (exact) mass is 318 g/mol. The summed E-state index contributed by atoms with van der Waals surface area (Å²) in [5, 5.41) is 10.3. The Morgan fingerprint density at radius 2 is 1.83 bits per heavy atom. The molecule has 2 heterocycles. The molecule has 2 fully saturated rings. The second kappa shape index (κ2) is 8.67. The van der Waals surface area contributed by atoms with E-state index in [9.17, 15) is 5.11 Å². The smallest absolute Gasteiger partial charge is 0.119 e. The third kappa shape index (κ3) is 5.20. The zero-order chi connectivity index (χ0) is 15.9. The lowest BCUT2D eigenvalue weighted by atomic mass is 10.1. The number of ether oxygens (including phenoxy) is 1. The van der Waals surface area contributed by atoms with Crippen LogP contribution in [0.3, 0.4) is 0 Å². The molecule has 2 aliphatic heterocycles. The molecule has 0 spiro atoms. The fourth-order valence-corrected chi connectivity index (χ4v) is 3.81. The summed E-state index contributed by atoms with van der Waals surface area (Å²) in [7, 11) is 0. The van der Waals surface area contributed by atoms with Gasteiger partial charge in [0, 0.05) is 19.1 Å². The van der Waals surface area contributed by atoms with Gasteiger partial charge in [0.1, 0.15) is 18.5 Å². The average molecular weight is 318 g/mol. The molecule has 2 unspecified atom stereocenters. The third-order valence-corrected chi connectivity index (χ3v) is 5.05. The predicted molar refractivity (Wildman–Crippen MR) is 92.8 cm³/mol. The minimum absolute atomic E-state index is 0.372. The van der Waals surface area contributed by atoms with Crippen LogP contribution in [0.25, 0.3) is 0 Å². The first kappa shape index (κ1) is 16.7. The van der Waals surface area contributed by atoms with E-state index in [1.165, 1.54) is 51.7 Å². The number of hydrogen-bond donors (Lipinski definition) is 1. The van der Waals surface area contributed by atoms with E-state index < -0.39 is 6.10 Å². The first-order chi connectivity index (χ1) is 11.3. The van der Waals surface area contributed by atoms with Crippen LogP contribution in [0.5, 0.6) is 5.75 Å². The van der Waals surface area contributed by atoms with E-state index in [0.29, 0.717) is 12.6 Å². The fourth-order valence-electron chi connectivity index (χ4n) is 3.81. The molecule has 2 saturated heterocycles. The summed E-state index contributed by atoms with van der Waals surface area (Å²) >= 11 is 0. The van der Waals surface area contributed by atoms with Crippen LogP contribution < -0.4 is 4.74 Å². The highest BCUT2D eigenvalue weighted by molar-refractivity contribution is 5.20. The Kier molecular flexibility index (Phi) is 6.31. The van der Waals surface area contributed by atoms with Crippen molar-refractivity contribution in [2.45, 2.75) is 44.2 Å². The topological polar surface area (TPSA) is 35.9 Å². The molecule has 1 aromatic rings. The number of aliphatic hydroxyl groups is 1. The SMILES string of the molecule is OC(COc1ccccc1)CN1CCCC1CN1CCCCC1. The summed E-state index contributed by atoms with van der Waals surface area (Å²) in [5.41, 5.74) is 0. The molecule has 0 amide bonds. The molecule has 0 bridgehead atoms. The van der Waals surface area contributed by atoms with Crippen molar-refractivity contribution in [1.29, 1.82) is 0 Å². The van der Waals surface area contributed by atoms with Crippen molar-refractivity contribution in [2.75, 3.05) is 39.3 Å². The zero-order valence-corrected chi connectivity index (χ0v) is 14.1. The normalized spacial score (nSPS) is 24.7. The minimum atomic E-state index is -0.419. The molecule has 4 nitrogen and oxygen atoms in total. The van der Waals surface area contributed by atoms with Gasteiger partial charge in [-0.15, -0.1) is 0 Å². The number of aliphatic hydroxyl groups excluding tert-OH is 1. The van der Waals surface area contributed by atoms with Gasteiger partial charge >= 0.3 is 0 Å². The van der Waals surface area contributed by atoms with Crippen molar-refractivity contribution in [1.82, 2.24) is 9.80 Å². The van der Waals surface area contributed by atoms with Crippen molar-refractivity contribution in [3.05, 3.63) is 30.3 Å². The summed E-state index contributed by atoms with van der Waals surface area (Å²) in [6.07, 6.45) is 6.19. The van der Waals surface area contributed by atoms with Gasteiger partial charge < -0.3 is 14.7 Å². The highest BCUT2D eigenvalue weighted by Crippen LogP contribution is 2.20. The molecule has 23 heavy (non-hydrogen) atoms. The lowest BCUT2D eigenvalue weighted by Gasteiger charge is -2.33. The number of β-amino-alcohol motifs (C(OH)–C–C–N with tert-alkyl or cyclic N) is 1. The molecule has 1 N–H and O–H groups in total. The van der Waals surface area contributed by atoms with Gasteiger partial charge in [-0.3, -0.25) is 4.90 Å². The molecule has 2 atom stereocenters. The van der Waals surface area contributed by atoms with Gasteiger partial charge in [0.2, 0.25) is 0 Å². The summed E-state index contributed by atoms with van der Waals surface area (Å²) in [6, 6.07) is 10.4. The first-order valence-corrected chi connectivity index (χ1v) is 9.13. The Bertz CT molecular complexity index is 448. The molecule has 2 aliphatic rings. The van der Waals surface area contributed by atoms with Gasteiger partial charge in [-0.1, -0.05) is 24.6 Å². The molecule has 0 saturated carbocycles. The number of piperidine rings is 1. The molecule has 1 aromatic carbocycles. The van der Waals surface area contributed by atoms with Gasteiger partial charge in [-0.05, 0) is 57.5 Å². The van der Waals surface area contributed by atoms with E-state index in [-0.39, 0.29) is 0 Å². The van der Waals surface area contributed by atoms with Gasteiger partial charge in [0.25, 0.3) is 0 Å². The number of hydrogen-bond acceptors (Lipinski definition) is 4.